The van der Waals surface area contributed by atoms with Crippen LogP contribution in [0.4, 0.5) is 4.39 Å². The Balaban J connectivity index is 2.27. The minimum absolute atomic E-state index is 0.00739. The number of halogens is 3. The van der Waals surface area contributed by atoms with E-state index in [-0.39, 0.29) is 22.5 Å². The van der Waals surface area contributed by atoms with Gasteiger partial charge in [-0.05, 0) is 31.4 Å². The average Bonchev–Trinajstić information content (AvgIpc) is 2.25. The largest absolute Gasteiger partial charge is 0.335 e. The van der Waals surface area contributed by atoms with Crippen molar-refractivity contribution in [1.29, 1.82) is 0 Å². The van der Waals surface area contributed by atoms with E-state index >= 15 is 0 Å². The zero-order chi connectivity index (χ0) is 13.1. The van der Waals surface area contributed by atoms with Crippen LogP contribution in [0.5, 0.6) is 0 Å². The lowest BCUT2D eigenvalue weighted by molar-refractivity contribution is 0.0595. The first-order chi connectivity index (χ1) is 8.65. The molecule has 0 saturated heterocycles. The number of alkyl halides is 1. The minimum Gasteiger partial charge on any atom is -0.335 e. The molecule has 0 heterocycles. The van der Waals surface area contributed by atoms with Crippen LogP contribution in [0.15, 0.2) is 18.2 Å². The van der Waals surface area contributed by atoms with Crippen LogP contribution in [-0.2, 0) is 0 Å². The van der Waals surface area contributed by atoms with E-state index < -0.39 is 5.82 Å². The van der Waals surface area contributed by atoms with Gasteiger partial charge < -0.3 is 4.90 Å². The van der Waals surface area contributed by atoms with Gasteiger partial charge >= 0.3 is 0 Å². The molecule has 1 aliphatic carbocycles. The second kappa shape index (κ2) is 6.02. The fraction of sp³-hybridized carbons (Fsp3) is 0.462. The molecule has 5 heteroatoms. The molecule has 1 aliphatic rings. The normalized spacial score (nSPS) is 15.3. The van der Waals surface area contributed by atoms with Gasteiger partial charge in [-0.15, -0.1) is 0 Å². The molecule has 0 aromatic heterocycles. The van der Waals surface area contributed by atoms with E-state index in [1.807, 2.05) is 0 Å². The predicted molar refractivity (Wildman–Crippen MR) is 73.9 cm³/mol. The highest BCUT2D eigenvalue weighted by molar-refractivity contribution is 9.09. The predicted octanol–water partition coefficient (Wildman–Crippen LogP) is 3.87. The van der Waals surface area contributed by atoms with E-state index in [1.165, 1.54) is 12.1 Å². The highest BCUT2D eigenvalue weighted by Gasteiger charge is 2.31. The topological polar surface area (TPSA) is 20.3 Å². The van der Waals surface area contributed by atoms with Crippen LogP contribution in [0.25, 0.3) is 0 Å². The lowest BCUT2D eigenvalue weighted by Gasteiger charge is -2.37. The Hall–Kier alpha value is -0.610. The van der Waals surface area contributed by atoms with Crippen LogP contribution in [-0.4, -0.2) is 28.7 Å². The molecule has 2 nitrogen and oxygen atoms in total. The van der Waals surface area contributed by atoms with Crippen molar-refractivity contribution >= 4 is 33.4 Å². The molecule has 0 radical (unpaired) electrons. The number of amides is 1. The third-order valence-electron chi connectivity index (χ3n) is 3.28. The van der Waals surface area contributed by atoms with E-state index in [2.05, 4.69) is 15.9 Å². The number of hydrogen-bond acceptors (Lipinski definition) is 1. The molecule has 0 spiro atoms. The Morgan fingerprint density at radius 2 is 2.22 bits per heavy atom. The van der Waals surface area contributed by atoms with Gasteiger partial charge in [0.2, 0.25) is 0 Å². The highest BCUT2D eigenvalue weighted by atomic mass is 79.9. The standard InChI is InChI=1S/C13H14BrClFNO/c14-7-8-17(9-3-1-4-9)13(18)12-10(15)5-2-6-11(12)16/h2,5-6,9H,1,3-4,7-8H2. The third kappa shape index (κ3) is 2.69. The molecule has 1 saturated carbocycles. The quantitative estimate of drug-likeness (QED) is 0.766. The van der Waals surface area contributed by atoms with Crippen molar-refractivity contribution in [2.75, 3.05) is 11.9 Å². The van der Waals surface area contributed by atoms with Crippen LogP contribution in [0, 0.1) is 5.82 Å². The van der Waals surface area contributed by atoms with Gasteiger partial charge in [0.25, 0.3) is 5.91 Å². The van der Waals surface area contributed by atoms with Crippen molar-refractivity contribution < 1.29 is 9.18 Å². The zero-order valence-corrected chi connectivity index (χ0v) is 12.2. The Morgan fingerprint density at radius 1 is 1.50 bits per heavy atom. The summed E-state index contributed by atoms with van der Waals surface area (Å²) in [6.07, 6.45) is 3.11. The van der Waals surface area contributed by atoms with Crippen molar-refractivity contribution in [3.8, 4) is 0 Å². The fourth-order valence-electron chi connectivity index (χ4n) is 2.09. The molecule has 1 aromatic rings. The summed E-state index contributed by atoms with van der Waals surface area (Å²) in [7, 11) is 0. The number of benzene rings is 1. The van der Waals surface area contributed by atoms with Gasteiger partial charge in [0.15, 0.2) is 0 Å². The monoisotopic (exact) mass is 333 g/mol. The maximum Gasteiger partial charge on any atom is 0.258 e. The molecule has 0 N–H and O–H groups in total. The zero-order valence-electron chi connectivity index (χ0n) is 9.83. The number of nitrogens with zero attached hydrogens (tertiary/aromatic N) is 1. The highest BCUT2D eigenvalue weighted by Crippen LogP contribution is 2.28. The summed E-state index contributed by atoms with van der Waals surface area (Å²) in [5.74, 6) is -0.853. The molecular weight excluding hydrogens is 321 g/mol. The first-order valence-electron chi connectivity index (χ1n) is 5.96. The summed E-state index contributed by atoms with van der Waals surface area (Å²) in [6.45, 7) is 0.578. The summed E-state index contributed by atoms with van der Waals surface area (Å²) >= 11 is 9.26. The van der Waals surface area contributed by atoms with Crippen molar-refractivity contribution in [2.45, 2.75) is 25.3 Å². The summed E-state index contributed by atoms with van der Waals surface area (Å²) in [5, 5.41) is 0.861. The second-order valence-corrected chi connectivity index (χ2v) is 5.57. The smallest absolute Gasteiger partial charge is 0.258 e. The van der Waals surface area contributed by atoms with E-state index in [9.17, 15) is 9.18 Å². The second-order valence-electron chi connectivity index (χ2n) is 4.37. The third-order valence-corrected chi connectivity index (χ3v) is 3.95. The lowest BCUT2D eigenvalue weighted by atomic mass is 9.91. The van der Waals surface area contributed by atoms with Crippen molar-refractivity contribution in [3.05, 3.63) is 34.6 Å². The molecule has 18 heavy (non-hydrogen) atoms. The van der Waals surface area contributed by atoms with Gasteiger partial charge in [0.05, 0.1) is 10.6 Å². The van der Waals surface area contributed by atoms with E-state index in [0.717, 1.165) is 19.3 Å². The Bertz CT molecular complexity index is 430. The molecule has 2 rings (SSSR count). The van der Waals surface area contributed by atoms with Gasteiger partial charge in [0.1, 0.15) is 5.82 Å². The lowest BCUT2D eigenvalue weighted by Crippen LogP contribution is -2.45. The average molecular weight is 335 g/mol. The fourth-order valence-corrected chi connectivity index (χ4v) is 2.71. The molecule has 1 fully saturated rings. The van der Waals surface area contributed by atoms with Gasteiger partial charge in [-0.25, -0.2) is 4.39 Å². The molecule has 1 amide bonds. The van der Waals surface area contributed by atoms with Gasteiger partial charge in [-0.1, -0.05) is 33.6 Å². The summed E-state index contributed by atoms with van der Waals surface area (Å²) < 4.78 is 13.7. The van der Waals surface area contributed by atoms with Gasteiger partial charge in [-0.3, -0.25) is 4.79 Å². The van der Waals surface area contributed by atoms with E-state index in [1.54, 1.807) is 11.0 Å². The number of carbonyl (C=O) groups excluding carboxylic acids is 1. The van der Waals surface area contributed by atoms with Crippen molar-refractivity contribution in [1.82, 2.24) is 4.90 Å². The van der Waals surface area contributed by atoms with Crippen molar-refractivity contribution in [2.24, 2.45) is 0 Å². The molecule has 0 atom stereocenters. The maximum atomic E-state index is 13.7. The molecule has 98 valence electrons. The maximum absolute atomic E-state index is 13.7. The van der Waals surface area contributed by atoms with E-state index in [4.69, 9.17) is 11.6 Å². The van der Waals surface area contributed by atoms with Crippen LogP contribution in [0.3, 0.4) is 0 Å². The van der Waals surface area contributed by atoms with Crippen LogP contribution in [0.2, 0.25) is 5.02 Å². The first kappa shape index (κ1) is 13.8. The van der Waals surface area contributed by atoms with Crippen molar-refractivity contribution in [3.63, 3.8) is 0 Å². The van der Waals surface area contributed by atoms with Crippen LogP contribution in [0.1, 0.15) is 29.6 Å². The SMILES string of the molecule is O=C(c1c(F)cccc1Cl)N(CCBr)C1CCC1. The van der Waals surface area contributed by atoms with Crippen LogP contribution >= 0.6 is 27.5 Å². The first-order valence-corrected chi connectivity index (χ1v) is 7.46. The van der Waals surface area contributed by atoms with Crippen LogP contribution < -0.4 is 0 Å². The molecule has 0 unspecified atom stereocenters. The Morgan fingerprint density at radius 3 is 2.72 bits per heavy atom. The summed E-state index contributed by atoms with van der Waals surface area (Å²) in [6, 6.07) is 4.55. The van der Waals surface area contributed by atoms with Gasteiger partial charge in [0, 0.05) is 17.9 Å². The molecule has 0 aliphatic heterocycles. The Kier molecular flexibility index (Phi) is 4.62. The number of hydrogen-bond donors (Lipinski definition) is 0. The van der Waals surface area contributed by atoms with E-state index in [0.29, 0.717) is 11.9 Å². The number of rotatable bonds is 4. The van der Waals surface area contributed by atoms with Gasteiger partial charge in [-0.2, -0.15) is 0 Å². The number of carbonyl (C=O) groups is 1. The molecular formula is C13H14BrClFNO. The summed E-state index contributed by atoms with van der Waals surface area (Å²) in [4.78, 5) is 14.1. The summed E-state index contributed by atoms with van der Waals surface area (Å²) in [5.41, 5.74) is -0.00739. The Labute approximate surface area is 119 Å². The molecule has 1 aromatic carbocycles. The minimum atomic E-state index is -0.550. The molecule has 0 bridgehead atoms.